The van der Waals surface area contributed by atoms with Gasteiger partial charge in [0.1, 0.15) is 6.17 Å². The number of nitrogens with one attached hydrogen (secondary N) is 1. The topological polar surface area (TPSA) is 42.2 Å². The van der Waals surface area contributed by atoms with Crippen molar-refractivity contribution in [3.05, 3.63) is 282 Å². The second-order valence-corrected chi connectivity index (χ2v) is 18.8. The standard InChI is InChI=1S/C66H42N4/c1-4-18-41(19-5-1)64-54-39-63-53(51-27-13-17-31-62(51)70(63)45-22-8-3-9-23-45)38-52(54)50-35-33-44(37-61(50)67-64)60-40-59(68-65(69-60)42-20-6-2-7-21-42)43-32-34-49-48-26-12-16-30-57(48)66(58(49)36-43)55-28-14-10-24-46(55)47-25-11-15-29-56(47)66/h1-40,65,68H. The Morgan fingerprint density at radius 1 is 0.400 bits per heavy atom. The van der Waals surface area contributed by atoms with E-state index >= 15 is 0 Å². The van der Waals surface area contributed by atoms with Crippen LogP contribution in [-0.4, -0.2) is 15.3 Å². The molecule has 10 aromatic carbocycles. The number of hydrogen-bond acceptors (Lipinski definition) is 3. The molecular formula is C66H42N4. The molecule has 4 heteroatoms. The third-order valence-corrected chi connectivity index (χ3v) is 15.2. The van der Waals surface area contributed by atoms with Crippen molar-refractivity contribution in [1.29, 1.82) is 0 Å². The second-order valence-electron chi connectivity index (χ2n) is 18.8. The van der Waals surface area contributed by atoms with Crippen LogP contribution in [-0.2, 0) is 5.41 Å². The summed E-state index contributed by atoms with van der Waals surface area (Å²) in [7, 11) is 0. The Morgan fingerprint density at radius 3 is 1.71 bits per heavy atom. The first-order valence-electron chi connectivity index (χ1n) is 24.2. The molecule has 0 saturated carbocycles. The number of rotatable bonds is 5. The van der Waals surface area contributed by atoms with Crippen LogP contribution in [0.4, 0.5) is 0 Å². The summed E-state index contributed by atoms with van der Waals surface area (Å²) in [5.41, 5.74) is 21.7. The zero-order valence-electron chi connectivity index (χ0n) is 38.0. The van der Waals surface area contributed by atoms with Crippen LogP contribution >= 0.6 is 0 Å². The molecule has 3 heterocycles. The van der Waals surface area contributed by atoms with Crippen LogP contribution in [0.1, 0.15) is 45.1 Å². The van der Waals surface area contributed by atoms with Gasteiger partial charge in [-0.3, -0.25) is 4.99 Å². The maximum Gasteiger partial charge on any atom is 0.145 e. The van der Waals surface area contributed by atoms with E-state index in [-0.39, 0.29) is 6.17 Å². The molecule has 0 saturated heterocycles. The molecule has 1 unspecified atom stereocenters. The summed E-state index contributed by atoms with van der Waals surface area (Å²) in [4.78, 5) is 11.1. The third-order valence-electron chi connectivity index (χ3n) is 15.2. The predicted molar refractivity (Wildman–Crippen MR) is 289 cm³/mol. The van der Waals surface area contributed by atoms with Gasteiger partial charge in [-0.25, -0.2) is 4.98 Å². The third kappa shape index (κ3) is 5.53. The Bertz CT molecular complexity index is 4140. The highest BCUT2D eigenvalue weighted by Gasteiger charge is 2.51. The summed E-state index contributed by atoms with van der Waals surface area (Å²) >= 11 is 0. The van der Waals surface area contributed by atoms with E-state index in [0.29, 0.717) is 0 Å². The molecule has 326 valence electrons. The average Bonchev–Trinajstić information content (AvgIpc) is 4.04. The number of benzene rings is 10. The van der Waals surface area contributed by atoms with Gasteiger partial charge in [0, 0.05) is 44.1 Å². The van der Waals surface area contributed by atoms with Crippen molar-refractivity contribution in [1.82, 2.24) is 14.9 Å². The van der Waals surface area contributed by atoms with Gasteiger partial charge in [-0.1, -0.05) is 194 Å². The number of hydrogen-bond donors (Lipinski definition) is 1. The SMILES string of the molecule is C1=C(c2ccc3c(c2)C2(c4ccccc4-c4ccccc42)c2ccccc2-3)NC(c2ccccc2)N=C1c1ccc2c(c1)nc(-c1ccccc1)c1cc3c(cc12)c1ccccc1n3-c1ccccc1. The fourth-order valence-electron chi connectivity index (χ4n) is 12.2. The van der Waals surface area contributed by atoms with Gasteiger partial charge in [-0.15, -0.1) is 0 Å². The number of aromatic nitrogens is 2. The van der Waals surface area contributed by atoms with Crippen LogP contribution in [0.3, 0.4) is 0 Å². The first-order valence-corrected chi connectivity index (χ1v) is 24.2. The van der Waals surface area contributed by atoms with E-state index in [4.69, 9.17) is 9.98 Å². The summed E-state index contributed by atoms with van der Waals surface area (Å²) < 4.78 is 2.39. The molecule has 15 rings (SSSR count). The second kappa shape index (κ2) is 14.9. The number of para-hydroxylation sites is 2. The first kappa shape index (κ1) is 38.9. The number of aliphatic imine (C=N–C) groups is 1. The normalized spacial score (nSPS) is 15.1. The molecule has 1 aliphatic heterocycles. The van der Waals surface area contributed by atoms with Crippen LogP contribution in [0.25, 0.3) is 88.4 Å². The molecule has 0 amide bonds. The fraction of sp³-hybridized carbons (Fsp3) is 0.0303. The number of nitrogens with zero attached hydrogens (tertiary/aromatic N) is 3. The maximum absolute atomic E-state index is 5.58. The lowest BCUT2D eigenvalue weighted by molar-refractivity contribution is 0.664. The monoisotopic (exact) mass is 890 g/mol. The van der Waals surface area contributed by atoms with Crippen LogP contribution in [0.2, 0.25) is 0 Å². The van der Waals surface area contributed by atoms with E-state index in [9.17, 15) is 0 Å². The molecule has 3 aliphatic rings. The molecular weight excluding hydrogens is 849 g/mol. The highest BCUT2D eigenvalue weighted by atomic mass is 15.1. The molecule has 12 aromatic rings. The number of pyridine rings is 1. The summed E-state index contributed by atoms with van der Waals surface area (Å²) in [6, 6.07) is 86.3. The van der Waals surface area contributed by atoms with Gasteiger partial charge < -0.3 is 9.88 Å². The van der Waals surface area contributed by atoms with Gasteiger partial charge in [0.05, 0.1) is 33.4 Å². The van der Waals surface area contributed by atoms with Crippen LogP contribution in [0, 0.1) is 0 Å². The highest BCUT2D eigenvalue weighted by molar-refractivity contribution is 6.21. The molecule has 2 aromatic heterocycles. The summed E-state index contributed by atoms with van der Waals surface area (Å²) in [6.07, 6.45) is 1.94. The van der Waals surface area contributed by atoms with E-state index in [1.54, 1.807) is 0 Å². The van der Waals surface area contributed by atoms with Crippen molar-refractivity contribution in [2.75, 3.05) is 0 Å². The Morgan fingerprint density at radius 2 is 1.00 bits per heavy atom. The van der Waals surface area contributed by atoms with E-state index in [0.717, 1.165) is 66.8 Å². The predicted octanol–water partition coefficient (Wildman–Crippen LogP) is 15.6. The van der Waals surface area contributed by atoms with Gasteiger partial charge in [-0.2, -0.15) is 0 Å². The van der Waals surface area contributed by atoms with E-state index in [1.807, 2.05) is 0 Å². The van der Waals surface area contributed by atoms with Crippen molar-refractivity contribution in [2.24, 2.45) is 4.99 Å². The van der Waals surface area contributed by atoms with Crippen molar-refractivity contribution in [3.8, 4) is 39.2 Å². The molecule has 2 aliphatic carbocycles. The molecule has 4 nitrogen and oxygen atoms in total. The summed E-state index contributed by atoms with van der Waals surface area (Å²) in [5.74, 6) is 0. The quantitative estimate of drug-likeness (QED) is 0.175. The lowest BCUT2D eigenvalue weighted by Gasteiger charge is -2.31. The molecule has 1 atom stereocenters. The zero-order valence-corrected chi connectivity index (χ0v) is 38.0. The van der Waals surface area contributed by atoms with Crippen molar-refractivity contribution < 1.29 is 0 Å². The highest BCUT2D eigenvalue weighted by Crippen LogP contribution is 2.63. The lowest BCUT2D eigenvalue weighted by Crippen LogP contribution is -2.27. The molecule has 0 bridgehead atoms. The molecule has 70 heavy (non-hydrogen) atoms. The Hall–Kier alpha value is -9.12. The minimum atomic E-state index is -0.439. The average molecular weight is 891 g/mol. The molecule has 1 spiro atoms. The number of fused-ring (bicyclic) bond motifs is 16. The Kier molecular flexibility index (Phi) is 8.31. The van der Waals surface area contributed by atoms with E-state index in [2.05, 4.69) is 253 Å². The summed E-state index contributed by atoms with van der Waals surface area (Å²) in [6.45, 7) is 0. The lowest BCUT2D eigenvalue weighted by atomic mass is 9.70. The number of allylic oxidation sites excluding steroid dienone is 1. The fourth-order valence-corrected chi connectivity index (χ4v) is 12.2. The van der Waals surface area contributed by atoms with Crippen molar-refractivity contribution in [2.45, 2.75) is 11.6 Å². The molecule has 0 fully saturated rings. The van der Waals surface area contributed by atoms with E-state index < -0.39 is 5.41 Å². The van der Waals surface area contributed by atoms with Gasteiger partial charge in [0.15, 0.2) is 0 Å². The molecule has 0 radical (unpaired) electrons. The van der Waals surface area contributed by atoms with Crippen molar-refractivity contribution >= 4 is 54.9 Å². The summed E-state index contributed by atoms with van der Waals surface area (Å²) in [5, 5.41) is 9.75. The maximum atomic E-state index is 5.58. The zero-order chi connectivity index (χ0) is 45.9. The van der Waals surface area contributed by atoms with Gasteiger partial charge >= 0.3 is 0 Å². The minimum absolute atomic E-state index is 0.307. The minimum Gasteiger partial charge on any atom is -0.360 e. The smallest absolute Gasteiger partial charge is 0.145 e. The van der Waals surface area contributed by atoms with Gasteiger partial charge in [-0.05, 0) is 110 Å². The van der Waals surface area contributed by atoms with Crippen LogP contribution < -0.4 is 5.32 Å². The largest absolute Gasteiger partial charge is 0.360 e. The van der Waals surface area contributed by atoms with Crippen LogP contribution in [0.5, 0.6) is 0 Å². The Balaban J connectivity index is 0.929. The van der Waals surface area contributed by atoms with Gasteiger partial charge in [0.25, 0.3) is 0 Å². The molecule has 1 N–H and O–H groups in total. The van der Waals surface area contributed by atoms with Crippen LogP contribution in [0.15, 0.2) is 248 Å². The van der Waals surface area contributed by atoms with Crippen molar-refractivity contribution in [3.63, 3.8) is 0 Å². The first-order chi connectivity index (χ1) is 34.7. The van der Waals surface area contributed by atoms with E-state index in [1.165, 1.54) is 66.2 Å². The van der Waals surface area contributed by atoms with Gasteiger partial charge in [0.2, 0.25) is 0 Å². The Labute approximate surface area is 405 Å².